The second kappa shape index (κ2) is 6.15. The molecule has 0 amide bonds. The van der Waals surface area contributed by atoms with E-state index in [1.54, 1.807) is 0 Å². The molecule has 0 spiro atoms. The fraction of sp³-hybridized carbons (Fsp3) is 0.182. The van der Waals surface area contributed by atoms with E-state index in [1.807, 2.05) is 0 Å². The number of carboxylic acid groups (broad SMARTS) is 1. The molecule has 1 atom stereocenters. The van der Waals surface area contributed by atoms with E-state index >= 15 is 0 Å². The molecule has 8 heteroatoms. The molecular weight excluding hydrogens is 323 g/mol. The standard InChI is InChI=1S/C11H8BrFN2O4/c1-2-3-8(11(16)17)14-9-4-6(12)7(13)5-10(9)15(18)19/h1,4-5,8,14H,3H2,(H,16,17). The van der Waals surface area contributed by atoms with Gasteiger partial charge in [-0.1, -0.05) is 0 Å². The minimum atomic E-state index is -1.26. The largest absolute Gasteiger partial charge is 0.480 e. The van der Waals surface area contributed by atoms with Crippen molar-refractivity contribution < 1.29 is 19.2 Å². The number of nitro groups is 1. The van der Waals surface area contributed by atoms with Crippen LogP contribution >= 0.6 is 15.9 Å². The summed E-state index contributed by atoms with van der Waals surface area (Å²) in [6.07, 6.45) is 4.85. The van der Waals surface area contributed by atoms with Crippen LogP contribution in [0.15, 0.2) is 16.6 Å². The summed E-state index contributed by atoms with van der Waals surface area (Å²) in [4.78, 5) is 20.9. The summed E-state index contributed by atoms with van der Waals surface area (Å²) < 4.78 is 13.2. The summed E-state index contributed by atoms with van der Waals surface area (Å²) >= 11 is 2.87. The van der Waals surface area contributed by atoms with Crippen LogP contribution in [0, 0.1) is 28.3 Å². The summed E-state index contributed by atoms with van der Waals surface area (Å²) in [5.41, 5.74) is -0.690. The van der Waals surface area contributed by atoms with Crippen LogP contribution in [0.4, 0.5) is 15.8 Å². The molecule has 2 N–H and O–H groups in total. The van der Waals surface area contributed by atoms with Crippen LogP contribution in [0.1, 0.15) is 6.42 Å². The maximum absolute atomic E-state index is 13.2. The SMILES string of the molecule is C#CCC(Nc1cc(Br)c(F)cc1[N+](=O)[O-])C(=O)O. The van der Waals surface area contributed by atoms with Crippen molar-refractivity contribution in [2.75, 3.05) is 5.32 Å². The van der Waals surface area contributed by atoms with E-state index in [0.29, 0.717) is 6.07 Å². The van der Waals surface area contributed by atoms with Gasteiger partial charge in [-0.2, -0.15) is 0 Å². The number of aliphatic carboxylic acids is 1. The number of terminal acetylenes is 1. The van der Waals surface area contributed by atoms with E-state index < -0.39 is 28.4 Å². The number of benzene rings is 1. The van der Waals surface area contributed by atoms with Crippen LogP contribution in [-0.4, -0.2) is 22.0 Å². The maximum atomic E-state index is 13.2. The second-order valence-electron chi connectivity index (χ2n) is 3.48. The van der Waals surface area contributed by atoms with Crippen molar-refractivity contribution in [1.82, 2.24) is 0 Å². The first-order valence-electron chi connectivity index (χ1n) is 4.93. The van der Waals surface area contributed by atoms with Crippen molar-refractivity contribution in [3.63, 3.8) is 0 Å². The summed E-state index contributed by atoms with van der Waals surface area (Å²) in [5.74, 6) is 0.0699. The van der Waals surface area contributed by atoms with Crippen molar-refractivity contribution in [2.24, 2.45) is 0 Å². The number of anilines is 1. The van der Waals surface area contributed by atoms with E-state index in [1.165, 1.54) is 0 Å². The molecule has 0 saturated heterocycles. The fourth-order valence-electron chi connectivity index (χ4n) is 1.31. The zero-order chi connectivity index (χ0) is 14.6. The van der Waals surface area contributed by atoms with Crippen LogP contribution in [-0.2, 0) is 4.79 Å². The van der Waals surface area contributed by atoms with Crippen LogP contribution in [0.5, 0.6) is 0 Å². The van der Waals surface area contributed by atoms with Crippen LogP contribution < -0.4 is 5.32 Å². The van der Waals surface area contributed by atoms with E-state index in [9.17, 15) is 19.3 Å². The van der Waals surface area contributed by atoms with Gasteiger partial charge >= 0.3 is 5.97 Å². The molecule has 0 aromatic heterocycles. The van der Waals surface area contributed by atoms with Crippen molar-refractivity contribution in [3.8, 4) is 12.3 Å². The van der Waals surface area contributed by atoms with Gasteiger partial charge in [0.05, 0.1) is 15.5 Å². The monoisotopic (exact) mass is 330 g/mol. The molecule has 0 bridgehead atoms. The number of rotatable bonds is 5. The van der Waals surface area contributed by atoms with Crippen molar-refractivity contribution in [3.05, 3.63) is 32.5 Å². The summed E-state index contributed by atoms with van der Waals surface area (Å²) in [6.45, 7) is 0. The quantitative estimate of drug-likeness (QED) is 0.491. The molecule has 0 radical (unpaired) electrons. The van der Waals surface area contributed by atoms with Crippen molar-refractivity contribution >= 4 is 33.3 Å². The number of hydrogen-bond donors (Lipinski definition) is 2. The molecule has 19 heavy (non-hydrogen) atoms. The predicted octanol–water partition coefficient (Wildman–Crippen LogP) is 2.38. The number of nitrogens with zero attached hydrogens (tertiary/aromatic N) is 1. The number of carboxylic acids is 1. The number of halogens is 2. The van der Waals surface area contributed by atoms with E-state index in [0.717, 1.165) is 6.07 Å². The average Bonchev–Trinajstić information content (AvgIpc) is 2.32. The highest BCUT2D eigenvalue weighted by atomic mass is 79.9. The lowest BCUT2D eigenvalue weighted by molar-refractivity contribution is -0.384. The Balaban J connectivity index is 3.18. The molecule has 0 aliphatic rings. The van der Waals surface area contributed by atoms with Gasteiger partial charge in [0.25, 0.3) is 5.69 Å². The first kappa shape index (κ1) is 14.9. The lowest BCUT2D eigenvalue weighted by Gasteiger charge is -2.13. The number of hydrogen-bond acceptors (Lipinski definition) is 4. The number of nitro benzene ring substituents is 1. The highest BCUT2D eigenvalue weighted by Crippen LogP contribution is 2.31. The van der Waals surface area contributed by atoms with Crippen LogP contribution in [0.3, 0.4) is 0 Å². The third-order valence-electron chi connectivity index (χ3n) is 2.19. The van der Waals surface area contributed by atoms with Gasteiger partial charge in [0.1, 0.15) is 17.5 Å². The van der Waals surface area contributed by atoms with Crippen LogP contribution in [0.25, 0.3) is 0 Å². The third-order valence-corrected chi connectivity index (χ3v) is 2.79. The highest BCUT2D eigenvalue weighted by Gasteiger charge is 2.23. The minimum absolute atomic E-state index is 0.0227. The second-order valence-corrected chi connectivity index (χ2v) is 4.34. The molecule has 0 aliphatic carbocycles. The van der Waals surface area contributed by atoms with Gasteiger partial charge in [0.2, 0.25) is 0 Å². The Hall–Kier alpha value is -2.14. The Kier molecular flexibility index (Phi) is 4.83. The lowest BCUT2D eigenvalue weighted by atomic mass is 10.2. The average molecular weight is 331 g/mol. The molecule has 1 aromatic rings. The molecular formula is C11H8BrFN2O4. The Morgan fingerprint density at radius 2 is 2.32 bits per heavy atom. The zero-order valence-electron chi connectivity index (χ0n) is 9.39. The molecule has 1 rings (SSSR count). The molecule has 100 valence electrons. The Morgan fingerprint density at radius 3 is 2.79 bits per heavy atom. The van der Waals surface area contributed by atoms with E-state index in [-0.39, 0.29) is 16.6 Å². The molecule has 0 saturated carbocycles. The van der Waals surface area contributed by atoms with Crippen LogP contribution in [0.2, 0.25) is 0 Å². The Labute approximate surface area is 115 Å². The molecule has 0 fully saturated rings. The first-order valence-corrected chi connectivity index (χ1v) is 5.72. The first-order chi connectivity index (χ1) is 8.86. The molecule has 1 aromatic carbocycles. The van der Waals surface area contributed by atoms with Gasteiger partial charge < -0.3 is 10.4 Å². The topological polar surface area (TPSA) is 92.5 Å². The van der Waals surface area contributed by atoms with Gasteiger partial charge in [-0.25, -0.2) is 9.18 Å². The third kappa shape index (κ3) is 3.66. The van der Waals surface area contributed by atoms with Gasteiger partial charge in [0.15, 0.2) is 0 Å². The predicted molar refractivity (Wildman–Crippen MR) is 69.3 cm³/mol. The number of carbonyl (C=O) groups is 1. The van der Waals surface area contributed by atoms with Gasteiger partial charge in [0, 0.05) is 6.42 Å². The maximum Gasteiger partial charge on any atom is 0.327 e. The van der Waals surface area contributed by atoms with E-state index in [2.05, 4.69) is 27.2 Å². The minimum Gasteiger partial charge on any atom is -0.480 e. The van der Waals surface area contributed by atoms with Gasteiger partial charge in [-0.15, -0.1) is 12.3 Å². The highest BCUT2D eigenvalue weighted by molar-refractivity contribution is 9.10. The number of nitrogens with one attached hydrogen (secondary N) is 1. The van der Waals surface area contributed by atoms with Gasteiger partial charge in [-0.05, 0) is 22.0 Å². The van der Waals surface area contributed by atoms with Crippen molar-refractivity contribution in [2.45, 2.75) is 12.5 Å². The molecule has 1 unspecified atom stereocenters. The molecule has 6 nitrogen and oxygen atoms in total. The Bertz CT molecular complexity index is 571. The van der Waals surface area contributed by atoms with Gasteiger partial charge in [-0.3, -0.25) is 10.1 Å². The van der Waals surface area contributed by atoms with E-state index in [4.69, 9.17) is 11.5 Å². The van der Waals surface area contributed by atoms with Crippen molar-refractivity contribution in [1.29, 1.82) is 0 Å². The summed E-state index contributed by atoms with van der Waals surface area (Å²) in [7, 11) is 0. The molecule has 0 aliphatic heterocycles. The fourth-order valence-corrected chi connectivity index (χ4v) is 1.65. The Morgan fingerprint density at radius 1 is 1.68 bits per heavy atom. The normalized spacial score (nSPS) is 11.4. The zero-order valence-corrected chi connectivity index (χ0v) is 11.0. The summed E-state index contributed by atoms with van der Waals surface area (Å²) in [5, 5.41) is 22.1. The molecule has 0 heterocycles. The smallest absolute Gasteiger partial charge is 0.327 e. The lowest BCUT2D eigenvalue weighted by Crippen LogP contribution is -2.29. The summed E-state index contributed by atoms with van der Waals surface area (Å²) in [6, 6.07) is 0.599.